The van der Waals surface area contributed by atoms with E-state index in [4.69, 9.17) is 10.5 Å². The Bertz CT molecular complexity index is 600. The second-order valence-corrected chi connectivity index (χ2v) is 4.49. The number of nitrogen functional groups attached to an aromatic ring is 1. The Hall–Kier alpha value is -2.30. The maximum Gasteiger partial charge on any atom is 0.151 e. The minimum Gasteiger partial charge on any atom is -0.497 e. The highest BCUT2D eigenvalue weighted by Gasteiger charge is 2.12. The minimum absolute atomic E-state index is 0.0910. The first kappa shape index (κ1) is 14.1. The van der Waals surface area contributed by atoms with Crippen LogP contribution in [0.1, 0.15) is 18.5 Å². The van der Waals surface area contributed by atoms with E-state index < -0.39 is 11.6 Å². The van der Waals surface area contributed by atoms with E-state index in [9.17, 15) is 8.78 Å². The van der Waals surface area contributed by atoms with Gasteiger partial charge in [-0.2, -0.15) is 0 Å². The van der Waals surface area contributed by atoms with Crippen LogP contribution in [0, 0.1) is 11.6 Å². The molecule has 0 aliphatic carbocycles. The van der Waals surface area contributed by atoms with Gasteiger partial charge in [-0.05, 0) is 30.7 Å². The lowest BCUT2D eigenvalue weighted by molar-refractivity contribution is 0.414. The third-order valence-electron chi connectivity index (χ3n) is 3.08. The molecule has 1 unspecified atom stereocenters. The van der Waals surface area contributed by atoms with Gasteiger partial charge in [-0.15, -0.1) is 0 Å². The summed E-state index contributed by atoms with van der Waals surface area (Å²) in [6.07, 6.45) is 0. The molecule has 106 valence electrons. The van der Waals surface area contributed by atoms with Crippen molar-refractivity contribution >= 4 is 11.4 Å². The summed E-state index contributed by atoms with van der Waals surface area (Å²) < 4.78 is 31.7. The quantitative estimate of drug-likeness (QED) is 0.838. The van der Waals surface area contributed by atoms with E-state index in [1.807, 2.05) is 31.2 Å². The number of hydrogen-bond donors (Lipinski definition) is 2. The van der Waals surface area contributed by atoms with E-state index in [-0.39, 0.29) is 17.4 Å². The average molecular weight is 278 g/mol. The molecule has 0 amide bonds. The monoisotopic (exact) mass is 278 g/mol. The van der Waals surface area contributed by atoms with Crippen LogP contribution >= 0.6 is 0 Å². The van der Waals surface area contributed by atoms with Gasteiger partial charge >= 0.3 is 0 Å². The van der Waals surface area contributed by atoms with Crippen LogP contribution in [0.2, 0.25) is 0 Å². The predicted molar refractivity (Wildman–Crippen MR) is 75.8 cm³/mol. The highest BCUT2D eigenvalue weighted by Crippen LogP contribution is 2.28. The lowest BCUT2D eigenvalue weighted by atomic mass is 10.1. The van der Waals surface area contributed by atoms with Crippen LogP contribution in [0.5, 0.6) is 5.75 Å². The highest BCUT2D eigenvalue weighted by atomic mass is 19.1. The fourth-order valence-electron chi connectivity index (χ4n) is 1.91. The zero-order valence-electron chi connectivity index (χ0n) is 11.3. The summed E-state index contributed by atoms with van der Waals surface area (Å²) in [5.41, 5.74) is 6.70. The van der Waals surface area contributed by atoms with Crippen molar-refractivity contribution in [2.24, 2.45) is 0 Å². The van der Waals surface area contributed by atoms with Crippen molar-refractivity contribution in [1.29, 1.82) is 0 Å². The molecule has 5 heteroatoms. The van der Waals surface area contributed by atoms with E-state index in [2.05, 4.69) is 5.32 Å². The Balaban J connectivity index is 2.20. The third kappa shape index (κ3) is 2.99. The van der Waals surface area contributed by atoms with Crippen LogP contribution in [0.3, 0.4) is 0 Å². The normalized spacial score (nSPS) is 12.0. The third-order valence-corrected chi connectivity index (χ3v) is 3.08. The molecular weight excluding hydrogens is 262 g/mol. The highest BCUT2D eigenvalue weighted by molar-refractivity contribution is 5.67. The molecule has 20 heavy (non-hydrogen) atoms. The molecule has 0 saturated carbocycles. The Morgan fingerprint density at radius 1 is 1.15 bits per heavy atom. The van der Waals surface area contributed by atoms with Crippen LogP contribution < -0.4 is 15.8 Å². The SMILES string of the molecule is COc1ccc(C(C)Nc2cc(F)cc(F)c2N)cc1. The van der Waals surface area contributed by atoms with Gasteiger partial charge in [0, 0.05) is 12.1 Å². The van der Waals surface area contributed by atoms with Gasteiger partial charge in [0.05, 0.1) is 18.5 Å². The molecule has 0 spiro atoms. The van der Waals surface area contributed by atoms with Crippen LogP contribution in [-0.4, -0.2) is 7.11 Å². The summed E-state index contributed by atoms with van der Waals surface area (Å²) in [5, 5.41) is 3.00. The van der Waals surface area contributed by atoms with Gasteiger partial charge in [0.25, 0.3) is 0 Å². The van der Waals surface area contributed by atoms with Gasteiger partial charge in [-0.25, -0.2) is 8.78 Å². The largest absolute Gasteiger partial charge is 0.497 e. The van der Waals surface area contributed by atoms with Crippen LogP contribution in [0.15, 0.2) is 36.4 Å². The van der Waals surface area contributed by atoms with Crippen molar-refractivity contribution in [2.45, 2.75) is 13.0 Å². The van der Waals surface area contributed by atoms with E-state index in [0.29, 0.717) is 0 Å². The second-order valence-electron chi connectivity index (χ2n) is 4.49. The lowest BCUT2D eigenvalue weighted by Gasteiger charge is -2.18. The fraction of sp³-hybridized carbons (Fsp3) is 0.200. The van der Waals surface area contributed by atoms with Crippen LogP contribution in [0.4, 0.5) is 20.2 Å². The van der Waals surface area contributed by atoms with Crippen molar-refractivity contribution in [3.8, 4) is 5.75 Å². The molecule has 2 aromatic rings. The van der Waals surface area contributed by atoms with E-state index in [1.165, 1.54) is 6.07 Å². The molecule has 3 N–H and O–H groups in total. The van der Waals surface area contributed by atoms with Gasteiger partial charge in [0.2, 0.25) is 0 Å². The maximum absolute atomic E-state index is 13.4. The summed E-state index contributed by atoms with van der Waals surface area (Å²) in [5.74, 6) is -0.687. The number of rotatable bonds is 4. The number of methoxy groups -OCH3 is 1. The van der Waals surface area contributed by atoms with Crippen molar-refractivity contribution in [1.82, 2.24) is 0 Å². The molecule has 0 bridgehead atoms. The van der Waals surface area contributed by atoms with Gasteiger partial charge in [0.1, 0.15) is 11.6 Å². The molecule has 0 radical (unpaired) electrons. The summed E-state index contributed by atoms with van der Waals surface area (Å²) in [7, 11) is 1.59. The predicted octanol–water partition coefficient (Wildman–Crippen LogP) is 3.73. The first-order valence-electron chi connectivity index (χ1n) is 6.16. The van der Waals surface area contributed by atoms with Gasteiger partial charge < -0.3 is 15.8 Å². The molecule has 0 aliphatic heterocycles. The smallest absolute Gasteiger partial charge is 0.151 e. The van der Waals surface area contributed by atoms with Crippen molar-refractivity contribution in [3.63, 3.8) is 0 Å². The second kappa shape index (κ2) is 5.77. The van der Waals surface area contributed by atoms with Crippen LogP contribution in [-0.2, 0) is 0 Å². The molecule has 3 nitrogen and oxygen atoms in total. The number of nitrogens with one attached hydrogen (secondary N) is 1. The minimum atomic E-state index is -0.769. The lowest BCUT2D eigenvalue weighted by Crippen LogP contribution is -2.09. The van der Waals surface area contributed by atoms with Crippen molar-refractivity contribution in [2.75, 3.05) is 18.2 Å². The zero-order valence-corrected chi connectivity index (χ0v) is 11.3. The van der Waals surface area contributed by atoms with E-state index in [1.54, 1.807) is 7.11 Å². The van der Waals surface area contributed by atoms with E-state index in [0.717, 1.165) is 17.4 Å². The van der Waals surface area contributed by atoms with Crippen LogP contribution in [0.25, 0.3) is 0 Å². The first-order chi connectivity index (χ1) is 9.51. The van der Waals surface area contributed by atoms with E-state index >= 15 is 0 Å². The number of anilines is 2. The molecule has 1 atom stereocenters. The summed E-state index contributed by atoms with van der Waals surface area (Å²) in [6.45, 7) is 1.88. The van der Waals surface area contributed by atoms with Crippen molar-refractivity contribution < 1.29 is 13.5 Å². The first-order valence-corrected chi connectivity index (χ1v) is 6.16. The Kier molecular flexibility index (Phi) is 4.08. The van der Waals surface area contributed by atoms with Gasteiger partial charge in [-0.3, -0.25) is 0 Å². The molecule has 0 fully saturated rings. The molecule has 2 aromatic carbocycles. The zero-order chi connectivity index (χ0) is 14.7. The number of benzene rings is 2. The molecule has 0 heterocycles. The Labute approximate surface area is 116 Å². The number of nitrogens with two attached hydrogens (primary N) is 1. The summed E-state index contributed by atoms with van der Waals surface area (Å²) in [4.78, 5) is 0. The standard InChI is InChI=1S/C15H16F2N2O/c1-9(10-3-5-12(20-2)6-4-10)19-14-8-11(16)7-13(17)15(14)18/h3-9,19H,18H2,1-2H3. The van der Waals surface area contributed by atoms with Gasteiger partial charge in [-0.1, -0.05) is 12.1 Å². The number of halogens is 2. The number of ether oxygens (including phenoxy) is 1. The molecule has 2 rings (SSSR count). The van der Waals surface area contributed by atoms with Crippen molar-refractivity contribution in [3.05, 3.63) is 53.6 Å². The molecule has 0 aromatic heterocycles. The number of hydrogen-bond acceptors (Lipinski definition) is 3. The maximum atomic E-state index is 13.4. The average Bonchev–Trinajstić information content (AvgIpc) is 2.44. The molecule has 0 saturated heterocycles. The Morgan fingerprint density at radius 2 is 1.80 bits per heavy atom. The molecular formula is C15H16F2N2O. The fourth-order valence-corrected chi connectivity index (χ4v) is 1.91. The summed E-state index contributed by atoms with van der Waals surface area (Å²) >= 11 is 0. The van der Waals surface area contributed by atoms with Gasteiger partial charge in [0.15, 0.2) is 5.82 Å². The topological polar surface area (TPSA) is 47.3 Å². The molecule has 0 aliphatic rings. The summed E-state index contributed by atoms with van der Waals surface area (Å²) in [6, 6.07) is 9.19. The Morgan fingerprint density at radius 3 is 2.40 bits per heavy atom.